The second kappa shape index (κ2) is 6.62. The number of nitrogens with zero attached hydrogens (tertiary/aromatic N) is 1. The summed E-state index contributed by atoms with van der Waals surface area (Å²) in [7, 11) is 0. The van der Waals surface area contributed by atoms with Crippen LogP contribution in [0.25, 0.3) is 0 Å². The highest BCUT2D eigenvalue weighted by molar-refractivity contribution is 5.37. The van der Waals surface area contributed by atoms with Crippen molar-refractivity contribution in [2.45, 2.75) is 32.4 Å². The fraction of sp³-hybridized carbons (Fsp3) is 0.538. The summed E-state index contributed by atoms with van der Waals surface area (Å²) >= 11 is 0. The van der Waals surface area contributed by atoms with Gasteiger partial charge >= 0.3 is 5.69 Å². The first kappa shape index (κ1) is 16.3. The number of halogens is 1. The predicted octanol–water partition coefficient (Wildman–Crippen LogP) is 1.86. The molecular weight excluding hydrogens is 267 g/mol. The number of hydrogen-bond donors (Lipinski definition) is 2. The van der Waals surface area contributed by atoms with E-state index in [4.69, 9.17) is 4.74 Å². The number of benzene rings is 1. The Labute approximate surface area is 116 Å². The molecule has 0 aromatic heterocycles. The van der Waals surface area contributed by atoms with Crippen molar-refractivity contribution in [3.8, 4) is 5.75 Å². The summed E-state index contributed by atoms with van der Waals surface area (Å²) in [4.78, 5) is 9.65. The van der Waals surface area contributed by atoms with Crippen LogP contribution < -0.4 is 10.1 Å². The van der Waals surface area contributed by atoms with Crippen molar-refractivity contribution >= 4 is 5.69 Å². The molecule has 0 saturated carbocycles. The minimum Gasteiger partial charge on any atom is -0.491 e. The number of rotatable bonds is 6. The van der Waals surface area contributed by atoms with E-state index < -0.39 is 22.5 Å². The Kier molecular flexibility index (Phi) is 5.41. The molecule has 112 valence electrons. The standard InChI is InChI=1S/C13H19FN2O4/c1-13(2,3)15-7-9(17)8-20-10-4-5-12(16(18)19)11(14)6-10/h4-6,9,15,17H,7-8H2,1-3H3. The highest BCUT2D eigenvalue weighted by Gasteiger charge is 2.16. The SMILES string of the molecule is CC(C)(C)NCC(O)COc1ccc([N+](=O)[O-])c(F)c1. The quantitative estimate of drug-likeness (QED) is 0.616. The fourth-order valence-corrected chi connectivity index (χ4v) is 1.40. The maximum Gasteiger partial charge on any atom is 0.305 e. The van der Waals surface area contributed by atoms with Gasteiger partial charge in [-0.2, -0.15) is 4.39 Å². The van der Waals surface area contributed by atoms with Crippen LogP contribution >= 0.6 is 0 Å². The molecule has 7 heteroatoms. The highest BCUT2D eigenvalue weighted by atomic mass is 19.1. The van der Waals surface area contributed by atoms with Gasteiger partial charge in [-0.3, -0.25) is 10.1 Å². The third-order valence-electron chi connectivity index (χ3n) is 2.43. The Bertz CT molecular complexity index is 474. The minimum absolute atomic E-state index is 0.0274. The molecular formula is C13H19FN2O4. The summed E-state index contributed by atoms with van der Waals surface area (Å²) in [6.07, 6.45) is -0.757. The van der Waals surface area contributed by atoms with Crippen LogP contribution in [0, 0.1) is 15.9 Å². The second-order valence-corrected chi connectivity index (χ2v) is 5.47. The molecule has 1 rings (SSSR count). The molecule has 1 atom stereocenters. The molecule has 0 fully saturated rings. The maximum atomic E-state index is 13.3. The summed E-state index contributed by atoms with van der Waals surface area (Å²) in [5.41, 5.74) is -0.729. The number of nitrogens with one attached hydrogen (secondary N) is 1. The molecule has 0 amide bonds. The monoisotopic (exact) mass is 286 g/mol. The van der Waals surface area contributed by atoms with Gasteiger partial charge in [-0.1, -0.05) is 0 Å². The lowest BCUT2D eigenvalue weighted by Crippen LogP contribution is -2.42. The van der Waals surface area contributed by atoms with Gasteiger partial charge in [-0.15, -0.1) is 0 Å². The molecule has 1 aromatic rings. The third-order valence-corrected chi connectivity index (χ3v) is 2.43. The molecule has 6 nitrogen and oxygen atoms in total. The number of nitro groups is 1. The number of hydrogen-bond acceptors (Lipinski definition) is 5. The number of β-amino-alcohol motifs (C(OH)–C–C–N with tert-alkyl or cyclic N) is 1. The largest absolute Gasteiger partial charge is 0.491 e. The Morgan fingerprint density at radius 1 is 1.50 bits per heavy atom. The lowest BCUT2D eigenvalue weighted by atomic mass is 10.1. The zero-order valence-electron chi connectivity index (χ0n) is 11.7. The van der Waals surface area contributed by atoms with Gasteiger partial charge in [0.05, 0.1) is 4.92 Å². The molecule has 0 aliphatic rings. The van der Waals surface area contributed by atoms with E-state index in [-0.39, 0.29) is 17.9 Å². The van der Waals surface area contributed by atoms with Gasteiger partial charge in [0.1, 0.15) is 18.5 Å². The summed E-state index contributed by atoms with van der Waals surface area (Å²) in [5.74, 6) is -0.822. The van der Waals surface area contributed by atoms with Crippen LogP contribution in [0.15, 0.2) is 18.2 Å². The molecule has 0 spiro atoms. The van der Waals surface area contributed by atoms with Gasteiger partial charge in [-0.25, -0.2) is 0 Å². The first-order chi connectivity index (χ1) is 9.19. The van der Waals surface area contributed by atoms with Crippen molar-refractivity contribution in [3.05, 3.63) is 34.1 Å². The van der Waals surface area contributed by atoms with Crippen molar-refractivity contribution in [2.24, 2.45) is 0 Å². The van der Waals surface area contributed by atoms with Crippen LogP contribution in [-0.2, 0) is 0 Å². The van der Waals surface area contributed by atoms with Crippen molar-refractivity contribution in [3.63, 3.8) is 0 Å². The average molecular weight is 286 g/mol. The third kappa shape index (κ3) is 5.50. The molecule has 2 N–H and O–H groups in total. The van der Waals surface area contributed by atoms with Gasteiger partial charge < -0.3 is 15.2 Å². The van der Waals surface area contributed by atoms with E-state index in [1.165, 1.54) is 6.07 Å². The topological polar surface area (TPSA) is 84.6 Å². The molecule has 0 aliphatic carbocycles. The molecule has 0 bridgehead atoms. The molecule has 0 heterocycles. The molecule has 1 aromatic carbocycles. The maximum absolute atomic E-state index is 13.3. The van der Waals surface area contributed by atoms with Crippen LogP contribution in [0.2, 0.25) is 0 Å². The highest BCUT2D eigenvalue weighted by Crippen LogP contribution is 2.22. The van der Waals surface area contributed by atoms with E-state index >= 15 is 0 Å². The average Bonchev–Trinajstić information content (AvgIpc) is 2.32. The lowest BCUT2D eigenvalue weighted by Gasteiger charge is -2.22. The number of nitro benzene ring substituents is 1. The smallest absolute Gasteiger partial charge is 0.305 e. The van der Waals surface area contributed by atoms with Crippen molar-refractivity contribution < 1.29 is 19.2 Å². The molecule has 1 unspecified atom stereocenters. The number of aliphatic hydroxyl groups is 1. The van der Waals surface area contributed by atoms with Crippen LogP contribution in [-0.4, -0.2) is 34.8 Å². The zero-order chi connectivity index (χ0) is 15.3. The molecule has 0 aliphatic heterocycles. The normalized spacial score (nSPS) is 13.1. The lowest BCUT2D eigenvalue weighted by molar-refractivity contribution is -0.387. The zero-order valence-corrected chi connectivity index (χ0v) is 11.7. The van der Waals surface area contributed by atoms with Crippen molar-refractivity contribution in [1.82, 2.24) is 5.32 Å². The first-order valence-electron chi connectivity index (χ1n) is 6.19. The number of ether oxygens (including phenoxy) is 1. The molecule has 0 radical (unpaired) electrons. The van der Waals surface area contributed by atoms with Crippen molar-refractivity contribution in [1.29, 1.82) is 0 Å². The molecule has 20 heavy (non-hydrogen) atoms. The first-order valence-corrected chi connectivity index (χ1v) is 6.19. The van der Waals surface area contributed by atoms with Gasteiger partial charge in [-0.05, 0) is 26.8 Å². The van der Waals surface area contributed by atoms with Gasteiger partial charge in [0.15, 0.2) is 0 Å². The summed E-state index contributed by atoms with van der Waals surface area (Å²) in [5, 5.41) is 23.3. The Morgan fingerprint density at radius 3 is 2.65 bits per heavy atom. The molecule has 0 saturated heterocycles. The van der Waals surface area contributed by atoms with Crippen LogP contribution in [0.3, 0.4) is 0 Å². The summed E-state index contributed by atoms with van der Waals surface area (Å²) in [6, 6.07) is 3.26. The van der Waals surface area contributed by atoms with Crippen LogP contribution in [0.1, 0.15) is 20.8 Å². The Morgan fingerprint density at radius 2 is 2.15 bits per heavy atom. The Hall–Kier alpha value is -1.73. The van der Waals surface area contributed by atoms with Gasteiger partial charge in [0.2, 0.25) is 5.82 Å². The predicted molar refractivity (Wildman–Crippen MR) is 72.3 cm³/mol. The second-order valence-electron chi connectivity index (χ2n) is 5.47. The van der Waals surface area contributed by atoms with Crippen LogP contribution in [0.4, 0.5) is 10.1 Å². The van der Waals surface area contributed by atoms with E-state index in [2.05, 4.69) is 5.32 Å². The van der Waals surface area contributed by atoms with Crippen molar-refractivity contribution in [2.75, 3.05) is 13.2 Å². The van der Waals surface area contributed by atoms with E-state index in [0.717, 1.165) is 12.1 Å². The van der Waals surface area contributed by atoms with E-state index in [0.29, 0.717) is 6.54 Å². The Balaban J connectivity index is 2.50. The van der Waals surface area contributed by atoms with Gasteiger partial charge in [0, 0.05) is 24.2 Å². The van der Waals surface area contributed by atoms with Gasteiger partial charge in [0.25, 0.3) is 0 Å². The van der Waals surface area contributed by atoms with E-state index in [9.17, 15) is 19.6 Å². The van der Waals surface area contributed by atoms with Crippen LogP contribution in [0.5, 0.6) is 5.75 Å². The number of aliphatic hydroxyl groups excluding tert-OH is 1. The summed E-state index contributed by atoms with van der Waals surface area (Å²) in [6.45, 7) is 6.20. The minimum atomic E-state index is -0.963. The summed E-state index contributed by atoms with van der Waals surface area (Å²) < 4.78 is 18.5. The van der Waals surface area contributed by atoms with E-state index in [1.807, 2.05) is 20.8 Å². The fourth-order valence-electron chi connectivity index (χ4n) is 1.40. The van der Waals surface area contributed by atoms with E-state index in [1.54, 1.807) is 0 Å².